The summed E-state index contributed by atoms with van der Waals surface area (Å²) in [5, 5.41) is 1.27. The van der Waals surface area contributed by atoms with Gasteiger partial charge in [-0.1, -0.05) is 24.3 Å². The molecule has 0 saturated heterocycles. The van der Waals surface area contributed by atoms with Crippen molar-refractivity contribution < 1.29 is 4.42 Å². The van der Waals surface area contributed by atoms with Crippen LogP contribution in [0.1, 0.15) is 0 Å². The molecule has 1 heterocycles. The van der Waals surface area contributed by atoms with Gasteiger partial charge in [0.15, 0.2) is 0 Å². The molecule has 3 rings (SSSR count). The number of hydrogen-bond donors (Lipinski definition) is 0. The van der Waals surface area contributed by atoms with Crippen LogP contribution in [0.15, 0.2) is 57.7 Å². The topological polar surface area (TPSA) is 30.2 Å². The number of rotatable bonds is 0. The van der Waals surface area contributed by atoms with Crippen LogP contribution in [0.2, 0.25) is 0 Å². The predicted octanol–water partition coefficient (Wildman–Crippen LogP) is 2.57. The van der Waals surface area contributed by atoms with Crippen molar-refractivity contribution in [2.24, 2.45) is 0 Å². The largest absolute Gasteiger partial charge is 0.456 e. The Morgan fingerprint density at radius 2 is 1.19 bits per heavy atom. The zero-order valence-electron chi connectivity index (χ0n) is 8.44. The minimum absolute atomic E-state index is 0. The summed E-state index contributed by atoms with van der Waals surface area (Å²) in [7, 11) is 0. The molecule has 0 amide bonds. The Hall–Kier alpha value is -1.29. The van der Waals surface area contributed by atoms with Gasteiger partial charge in [0, 0.05) is 23.9 Å². The molecule has 0 spiro atoms. The monoisotopic (exact) mass is 316 g/mol. The van der Waals surface area contributed by atoms with Crippen LogP contribution in [0.4, 0.5) is 0 Å². The van der Waals surface area contributed by atoms with Crippen LogP contribution in [-0.4, -0.2) is 23.9 Å². The van der Waals surface area contributed by atoms with Gasteiger partial charge in [0.05, 0.1) is 10.8 Å². The van der Waals surface area contributed by atoms with Crippen molar-refractivity contribution in [3.63, 3.8) is 0 Å². The van der Waals surface area contributed by atoms with Gasteiger partial charge < -0.3 is 4.42 Å². The van der Waals surface area contributed by atoms with Gasteiger partial charge in [-0.3, -0.25) is 4.79 Å². The third-order valence-electron chi connectivity index (χ3n) is 2.48. The van der Waals surface area contributed by atoms with Crippen LogP contribution >= 0.6 is 0 Å². The number of para-hydroxylation sites is 2. The molecule has 0 fully saturated rings. The molecule has 0 bridgehead atoms. The summed E-state index contributed by atoms with van der Waals surface area (Å²) in [6.07, 6.45) is 0. The maximum Gasteiger partial charge on any atom is 0.200 e. The Balaban J connectivity index is 0.000000963. The second-order valence-electron chi connectivity index (χ2n) is 3.42. The van der Waals surface area contributed by atoms with Gasteiger partial charge in [-0.25, -0.2) is 0 Å². The normalized spacial score (nSPS) is 10.2. The third kappa shape index (κ3) is 1.63. The van der Waals surface area contributed by atoms with Gasteiger partial charge in [0.2, 0.25) is 5.43 Å². The van der Waals surface area contributed by atoms with Gasteiger partial charge in [-0.2, -0.15) is 0 Å². The van der Waals surface area contributed by atoms with Crippen LogP contribution in [0.5, 0.6) is 0 Å². The molecule has 0 aliphatic rings. The smallest absolute Gasteiger partial charge is 0.200 e. The van der Waals surface area contributed by atoms with Crippen LogP contribution in [0, 0.1) is 0 Å². The van der Waals surface area contributed by atoms with Crippen molar-refractivity contribution in [2.75, 3.05) is 0 Å². The van der Waals surface area contributed by atoms with E-state index in [1.165, 1.54) is 0 Å². The summed E-state index contributed by atoms with van der Waals surface area (Å²) < 4.78 is 5.63. The fraction of sp³-hybridized carbons (Fsp3) is 0. The molecule has 2 nitrogen and oxygen atoms in total. The summed E-state index contributed by atoms with van der Waals surface area (Å²) in [5.41, 5.74) is 1.31. The van der Waals surface area contributed by atoms with Crippen molar-refractivity contribution in [2.45, 2.75) is 0 Å². The van der Waals surface area contributed by atoms with E-state index in [2.05, 4.69) is 0 Å². The average Bonchev–Trinajstić information content (AvgIpc) is 2.30. The molecule has 2 aromatic carbocycles. The quantitative estimate of drug-likeness (QED) is 0.471. The molecule has 0 atom stereocenters. The van der Waals surface area contributed by atoms with Crippen LogP contribution < -0.4 is 5.43 Å². The summed E-state index contributed by atoms with van der Waals surface area (Å²) in [6, 6.07) is 14.6. The van der Waals surface area contributed by atoms with E-state index in [1.54, 1.807) is 12.1 Å². The number of fused-ring (bicyclic) bond motifs is 2. The van der Waals surface area contributed by atoms with Crippen molar-refractivity contribution in [3.05, 3.63) is 58.8 Å². The van der Waals surface area contributed by atoms with E-state index < -0.39 is 0 Å². The molecule has 16 heavy (non-hydrogen) atoms. The SMILES string of the molecule is O=c1c2ccccc2oc2ccccc12.[Sn]. The van der Waals surface area contributed by atoms with Gasteiger partial charge in [0.25, 0.3) is 0 Å². The van der Waals surface area contributed by atoms with Crippen LogP contribution in [0.25, 0.3) is 21.9 Å². The van der Waals surface area contributed by atoms with Crippen molar-refractivity contribution in [3.8, 4) is 0 Å². The first-order valence-corrected chi connectivity index (χ1v) is 4.77. The van der Waals surface area contributed by atoms with Gasteiger partial charge in [-0.05, 0) is 24.3 Å². The minimum atomic E-state index is 0. The van der Waals surface area contributed by atoms with Crippen LogP contribution in [-0.2, 0) is 0 Å². The van der Waals surface area contributed by atoms with E-state index in [1.807, 2.05) is 36.4 Å². The molecule has 0 saturated carbocycles. The van der Waals surface area contributed by atoms with Crippen LogP contribution in [0.3, 0.4) is 0 Å². The molecule has 0 unspecified atom stereocenters. The predicted molar refractivity (Wildman–Crippen MR) is 65.7 cm³/mol. The van der Waals surface area contributed by atoms with Crippen molar-refractivity contribution >= 4 is 45.8 Å². The molecular weight excluding hydrogens is 307 g/mol. The summed E-state index contributed by atoms with van der Waals surface area (Å²) in [5.74, 6) is 0. The Morgan fingerprint density at radius 3 is 1.69 bits per heavy atom. The van der Waals surface area contributed by atoms with Gasteiger partial charge in [-0.15, -0.1) is 0 Å². The first kappa shape index (κ1) is 11.2. The molecular formula is C13H8O2Sn. The Morgan fingerprint density at radius 1 is 0.750 bits per heavy atom. The van der Waals surface area contributed by atoms with E-state index in [4.69, 9.17) is 4.42 Å². The van der Waals surface area contributed by atoms with E-state index in [0.29, 0.717) is 21.9 Å². The Kier molecular flexibility index (Phi) is 3.01. The fourth-order valence-electron chi connectivity index (χ4n) is 1.75. The summed E-state index contributed by atoms with van der Waals surface area (Å²) in [4.78, 5) is 12.0. The van der Waals surface area contributed by atoms with E-state index in [0.717, 1.165) is 0 Å². The van der Waals surface area contributed by atoms with Crippen molar-refractivity contribution in [1.82, 2.24) is 0 Å². The molecule has 3 aromatic rings. The van der Waals surface area contributed by atoms with Crippen molar-refractivity contribution in [1.29, 1.82) is 0 Å². The number of benzene rings is 2. The number of hydrogen-bond acceptors (Lipinski definition) is 2. The molecule has 1 aromatic heterocycles. The molecule has 4 radical (unpaired) electrons. The first-order chi connectivity index (χ1) is 7.36. The molecule has 0 N–H and O–H groups in total. The molecule has 3 heteroatoms. The third-order valence-corrected chi connectivity index (χ3v) is 2.48. The second kappa shape index (κ2) is 4.29. The second-order valence-corrected chi connectivity index (χ2v) is 3.42. The maximum absolute atomic E-state index is 12.0. The van der Waals surface area contributed by atoms with Gasteiger partial charge in [0.1, 0.15) is 11.2 Å². The zero-order valence-corrected chi connectivity index (χ0v) is 11.3. The summed E-state index contributed by atoms with van der Waals surface area (Å²) >= 11 is 0. The first-order valence-electron chi connectivity index (χ1n) is 4.77. The van der Waals surface area contributed by atoms with E-state index in [9.17, 15) is 4.79 Å². The standard InChI is InChI=1S/C13H8O2.Sn/c14-13-9-5-1-3-7-11(9)15-12-8-4-2-6-10(12)13;/h1-8H;. The fourth-order valence-corrected chi connectivity index (χ4v) is 1.75. The molecule has 0 aliphatic carbocycles. The summed E-state index contributed by atoms with van der Waals surface area (Å²) in [6.45, 7) is 0. The molecule has 76 valence electrons. The Labute approximate surface area is 109 Å². The minimum Gasteiger partial charge on any atom is -0.456 e. The zero-order chi connectivity index (χ0) is 10.3. The van der Waals surface area contributed by atoms with E-state index in [-0.39, 0.29) is 29.3 Å². The maximum atomic E-state index is 12.0. The Bertz CT molecular complexity index is 644. The van der Waals surface area contributed by atoms with E-state index >= 15 is 0 Å². The molecule has 0 aliphatic heterocycles. The van der Waals surface area contributed by atoms with Gasteiger partial charge >= 0.3 is 0 Å². The average molecular weight is 315 g/mol.